The molecule has 4 heterocycles. The van der Waals surface area contributed by atoms with Crippen molar-refractivity contribution < 1.29 is 4.74 Å². The molecule has 3 fully saturated rings. The van der Waals surface area contributed by atoms with Gasteiger partial charge >= 0.3 is 0 Å². The van der Waals surface area contributed by atoms with E-state index >= 15 is 0 Å². The van der Waals surface area contributed by atoms with Crippen molar-refractivity contribution in [2.75, 3.05) is 32.8 Å². The predicted octanol–water partition coefficient (Wildman–Crippen LogP) is 4.14. The lowest BCUT2D eigenvalue weighted by atomic mass is 9.95. The van der Waals surface area contributed by atoms with Gasteiger partial charge in [0.05, 0.1) is 31.0 Å². The van der Waals surface area contributed by atoms with Crippen molar-refractivity contribution in [2.45, 2.75) is 70.6 Å². The number of nitrogens with zero attached hydrogens (tertiary/aromatic N) is 4. The summed E-state index contributed by atoms with van der Waals surface area (Å²) in [5.41, 5.74) is 5.18. The van der Waals surface area contributed by atoms with Crippen LogP contribution >= 0.6 is 12.2 Å². The summed E-state index contributed by atoms with van der Waals surface area (Å²) < 4.78 is 8.01. The van der Waals surface area contributed by atoms with Crippen molar-refractivity contribution in [3.8, 4) is 0 Å². The van der Waals surface area contributed by atoms with E-state index in [1.807, 2.05) is 12.3 Å². The highest BCUT2D eigenvalue weighted by atomic mass is 32.1. The van der Waals surface area contributed by atoms with Gasteiger partial charge in [0.2, 0.25) is 0 Å². The molecule has 2 aromatic rings. The van der Waals surface area contributed by atoms with Gasteiger partial charge in [-0.15, -0.1) is 0 Å². The zero-order valence-corrected chi connectivity index (χ0v) is 20.8. The van der Waals surface area contributed by atoms with Crippen molar-refractivity contribution >= 4 is 17.3 Å². The average molecular weight is 468 g/mol. The van der Waals surface area contributed by atoms with Crippen LogP contribution in [-0.4, -0.2) is 63.4 Å². The van der Waals surface area contributed by atoms with Crippen LogP contribution in [0.25, 0.3) is 0 Å². The van der Waals surface area contributed by atoms with Gasteiger partial charge in [-0.1, -0.05) is 18.9 Å². The highest BCUT2D eigenvalue weighted by Crippen LogP contribution is 2.44. The molecule has 0 aromatic carbocycles. The van der Waals surface area contributed by atoms with Gasteiger partial charge < -0.3 is 19.5 Å². The summed E-state index contributed by atoms with van der Waals surface area (Å²) >= 11 is 5.92. The maximum atomic E-state index is 5.92. The van der Waals surface area contributed by atoms with Gasteiger partial charge in [0.15, 0.2) is 5.11 Å². The predicted molar refractivity (Wildman–Crippen MR) is 135 cm³/mol. The fraction of sp³-hybridized carbons (Fsp3) is 0.615. The third-order valence-corrected chi connectivity index (χ3v) is 8.07. The Morgan fingerprint density at radius 3 is 2.64 bits per heavy atom. The first kappa shape index (κ1) is 22.8. The molecule has 2 aliphatic heterocycles. The molecule has 2 aromatic heterocycles. The molecule has 7 heteroatoms. The fourth-order valence-corrected chi connectivity index (χ4v) is 6.41. The molecular weight excluding hydrogens is 430 g/mol. The highest BCUT2D eigenvalue weighted by Gasteiger charge is 2.44. The number of hydrogen-bond donors (Lipinski definition) is 1. The monoisotopic (exact) mass is 467 g/mol. The maximum absolute atomic E-state index is 5.92. The molecule has 2 atom stereocenters. The third-order valence-electron chi connectivity index (χ3n) is 7.74. The van der Waals surface area contributed by atoms with Crippen LogP contribution in [0.5, 0.6) is 0 Å². The smallest absolute Gasteiger partial charge is 0.170 e. The van der Waals surface area contributed by atoms with Gasteiger partial charge in [0, 0.05) is 49.8 Å². The minimum Gasteiger partial charge on any atom is -0.379 e. The Hall–Kier alpha value is -1.96. The summed E-state index contributed by atoms with van der Waals surface area (Å²) in [7, 11) is 0. The third kappa shape index (κ3) is 4.68. The Balaban J connectivity index is 1.41. The average Bonchev–Trinajstić information content (AvgIpc) is 3.54. The molecule has 3 aliphatic rings. The van der Waals surface area contributed by atoms with Gasteiger partial charge in [-0.2, -0.15) is 0 Å². The van der Waals surface area contributed by atoms with Crippen LogP contribution < -0.4 is 5.32 Å². The molecule has 5 rings (SSSR count). The number of morpholine rings is 1. The summed E-state index contributed by atoms with van der Waals surface area (Å²) in [6.07, 6.45) is 8.10. The zero-order chi connectivity index (χ0) is 22.8. The summed E-state index contributed by atoms with van der Waals surface area (Å²) in [5, 5.41) is 4.54. The second kappa shape index (κ2) is 10.1. The first-order chi connectivity index (χ1) is 16.1. The molecule has 1 saturated carbocycles. The first-order valence-corrected chi connectivity index (χ1v) is 13.0. The highest BCUT2D eigenvalue weighted by molar-refractivity contribution is 7.80. The molecule has 2 saturated heterocycles. The second-order valence-electron chi connectivity index (χ2n) is 9.76. The molecular formula is C26H37N5OS. The molecule has 0 bridgehead atoms. The Morgan fingerprint density at radius 1 is 1.12 bits per heavy atom. The molecule has 178 valence electrons. The van der Waals surface area contributed by atoms with Crippen molar-refractivity contribution in [1.82, 2.24) is 24.7 Å². The van der Waals surface area contributed by atoms with Crippen LogP contribution in [0.4, 0.5) is 0 Å². The number of hydrogen-bond acceptors (Lipinski definition) is 4. The van der Waals surface area contributed by atoms with Crippen LogP contribution in [-0.2, 0) is 11.3 Å². The van der Waals surface area contributed by atoms with Gasteiger partial charge in [-0.25, -0.2) is 0 Å². The van der Waals surface area contributed by atoms with Crippen LogP contribution in [0.1, 0.15) is 66.8 Å². The number of rotatable bonds is 7. The maximum Gasteiger partial charge on any atom is 0.170 e. The number of ether oxygens (including phenoxy) is 1. The molecule has 6 nitrogen and oxygen atoms in total. The standard InChI is InChI=1S/C26H37N5OS/c1-19-18-22(20(2)30(19)13-7-12-29-14-16-32-17-15-29)25-24(23-10-5-6-11-27-23)28-26(33)31(25)21-8-3-4-9-21/h5-6,10-11,18,21,24-25H,3-4,7-9,12-17H2,1-2H3,(H,28,33)/t24-,25-/m1/s1. The lowest BCUT2D eigenvalue weighted by Crippen LogP contribution is -2.37. The van der Waals surface area contributed by atoms with Gasteiger partial charge in [-0.3, -0.25) is 9.88 Å². The Bertz CT molecular complexity index is 949. The quantitative estimate of drug-likeness (QED) is 0.618. The van der Waals surface area contributed by atoms with Crippen molar-refractivity contribution in [3.05, 3.63) is 53.1 Å². The minimum absolute atomic E-state index is 0.0848. The van der Waals surface area contributed by atoms with E-state index in [2.05, 4.69) is 51.7 Å². The normalized spacial score (nSPS) is 24.5. The zero-order valence-electron chi connectivity index (χ0n) is 20.0. The van der Waals surface area contributed by atoms with E-state index in [9.17, 15) is 0 Å². The Kier molecular flexibility index (Phi) is 6.99. The van der Waals surface area contributed by atoms with Crippen LogP contribution in [0.15, 0.2) is 30.5 Å². The van der Waals surface area contributed by atoms with E-state index in [0.29, 0.717) is 6.04 Å². The van der Waals surface area contributed by atoms with Crippen LogP contribution in [0.3, 0.4) is 0 Å². The lowest BCUT2D eigenvalue weighted by molar-refractivity contribution is 0.0369. The Labute approximate surface area is 203 Å². The Morgan fingerprint density at radius 2 is 1.91 bits per heavy atom. The summed E-state index contributed by atoms with van der Waals surface area (Å²) in [5.74, 6) is 0. The summed E-state index contributed by atoms with van der Waals surface area (Å²) in [4.78, 5) is 9.76. The summed E-state index contributed by atoms with van der Waals surface area (Å²) in [6, 6.07) is 9.40. The number of pyridine rings is 1. The van der Waals surface area contributed by atoms with Gasteiger partial charge in [0.1, 0.15) is 0 Å². The number of aromatic nitrogens is 2. The SMILES string of the molecule is Cc1cc([C@@H]2[C@@H](c3ccccn3)NC(=S)N2C2CCCC2)c(C)n1CCCN1CCOCC1. The first-order valence-electron chi connectivity index (χ1n) is 12.6. The molecule has 0 radical (unpaired) electrons. The van der Waals surface area contributed by atoms with E-state index in [0.717, 1.165) is 56.6 Å². The van der Waals surface area contributed by atoms with Crippen molar-refractivity contribution in [2.24, 2.45) is 0 Å². The number of aryl methyl sites for hydroxylation is 1. The summed E-state index contributed by atoms with van der Waals surface area (Å²) in [6.45, 7) is 10.6. The van der Waals surface area contributed by atoms with E-state index in [-0.39, 0.29) is 12.1 Å². The van der Waals surface area contributed by atoms with Gasteiger partial charge in [-0.05, 0) is 69.1 Å². The van der Waals surface area contributed by atoms with E-state index < -0.39 is 0 Å². The molecule has 0 amide bonds. The lowest BCUT2D eigenvalue weighted by Gasteiger charge is -2.33. The van der Waals surface area contributed by atoms with Crippen LogP contribution in [0, 0.1) is 13.8 Å². The van der Waals surface area contributed by atoms with Gasteiger partial charge in [0.25, 0.3) is 0 Å². The molecule has 1 aliphatic carbocycles. The van der Waals surface area contributed by atoms with E-state index in [1.54, 1.807) is 0 Å². The van der Waals surface area contributed by atoms with Crippen molar-refractivity contribution in [3.63, 3.8) is 0 Å². The largest absolute Gasteiger partial charge is 0.379 e. The number of thiocarbonyl (C=S) groups is 1. The molecule has 0 spiro atoms. The topological polar surface area (TPSA) is 45.6 Å². The minimum atomic E-state index is 0.0848. The van der Waals surface area contributed by atoms with E-state index in [4.69, 9.17) is 21.9 Å². The molecule has 33 heavy (non-hydrogen) atoms. The second-order valence-corrected chi connectivity index (χ2v) is 10.1. The van der Waals surface area contributed by atoms with E-state index in [1.165, 1.54) is 42.6 Å². The van der Waals surface area contributed by atoms with Crippen molar-refractivity contribution in [1.29, 1.82) is 0 Å². The molecule has 0 unspecified atom stereocenters. The molecule has 1 N–H and O–H groups in total. The fourth-order valence-electron chi connectivity index (χ4n) is 6.02. The number of nitrogens with one attached hydrogen (secondary N) is 1. The van der Waals surface area contributed by atoms with Crippen LogP contribution in [0.2, 0.25) is 0 Å².